The average Bonchev–Trinajstić information content (AvgIpc) is 3.11. The summed E-state index contributed by atoms with van der Waals surface area (Å²) in [4.78, 5) is 17.4. The van der Waals surface area contributed by atoms with E-state index in [1.54, 1.807) is 18.2 Å². The number of hydrogen-bond donors (Lipinski definition) is 0. The lowest BCUT2D eigenvalue weighted by atomic mass is 10.2. The van der Waals surface area contributed by atoms with Crippen LogP contribution in [-0.2, 0) is 7.05 Å². The van der Waals surface area contributed by atoms with Crippen LogP contribution in [-0.4, -0.2) is 17.3 Å². The lowest BCUT2D eigenvalue weighted by Crippen LogP contribution is -2.13. The van der Waals surface area contributed by atoms with Crippen molar-refractivity contribution in [2.75, 3.05) is 6.79 Å². The Balaban J connectivity index is 1.78. The van der Waals surface area contributed by atoms with Gasteiger partial charge in [-0.3, -0.25) is 4.79 Å². The van der Waals surface area contributed by atoms with Crippen LogP contribution in [0.3, 0.4) is 0 Å². The van der Waals surface area contributed by atoms with Crippen LogP contribution in [0.1, 0.15) is 15.9 Å². The molecule has 5 nitrogen and oxygen atoms in total. The number of amides is 1. The summed E-state index contributed by atoms with van der Waals surface area (Å²) in [7, 11) is 1.92. The summed E-state index contributed by atoms with van der Waals surface area (Å²) in [5.41, 5.74) is 2.74. The molecule has 1 amide bonds. The van der Waals surface area contributed by atoms with E-state index in [0.717, 1.165) is 10.2 Å². The second-order valence-electron chi connectivity index (χ2n) is 5.40. The summed E-state index contributed by atoms with van der Waals surface area (Å²) in [6.07, 6.45) is 0. The van der Waals surface area contributed by atoms with Crippen molar-refractivity contribution in [1.29, 1.82) is 0 Å². The molecule has 0 aliphatic carbocycles. The minimum Gasteiger partial charge on any atom is -0.454 e. The van der Waals surface area contributed by atoms with Gasteiger partial charge in [0.05, 0.1) is 10.2 Å². The topological polar surface area (TPSA) is 52.8 Å². The maximum atomic E-state index is 12.4. The van der Waals surface area contributed by atoms with Crippen molar-refractivity contribution in [2.24, 2.45) is 12.0 Å². The Morgan fingerprint density at radius 1 is 1.17 bits per heavy atom. The number of rotatable bonds is 1. The van der Waals surface area contributed by atoms with Crippen molar-refractivity contribution in [3.05, 3.63) is 52.3 Å². The van der Waals surface area contributed by atoms with Gasteiger partial charge in [-0.1, -0.05) is 17.4 Å². The normalized spacial score (nSPS) is 13.7. The third kappa shape index (κ3) is 2.41. The number of fused-ring (bicyclic) bond motifs is 2. The van der Waals surface area contributed by atoms with Gasteiger partial charge in [-0.15, -0.1) is 0 Å². The van der Waals surface area contributed by atoms with Gasteiger partial charge in [0.15, 0.2) is 16.3 Å². The molecule has 0 fully saturated rings. The van der Waals surface area contributed by atoms with Crippen molar-refractivity contribution >= 4 is 27.5 Å². The van der Waals surface area contributed by atoms with E-state index in [1.165, 1.54) is 16.9 Å². The van der Waals surface area contributed by atoms with Crippen LogP contribution in [0.5, 0.6) is 11.5 Å². The molecule has 2 heterocycles. The largest absolute Gasteiger partial charge is 0.454 e. The zero-order chi connectivity index (χ0) is 16.0. The molecule has 0 radical (unpaired) electrons. The fourth-order valence-corrected chi connectivity index (χ4v) is 3.64. The molecule has 0 saturated heterocycles. The summed E-state index contributed by atoms with van der Waals surface area (Å²) in [5.74, 6) is 0.953. The molecule has 0 unspecified atom stereocenters. The molecular formula is C17H14N2O3S. The average molecular weight is 326 g/mol. The third-order valence-corrected chi connectivity index (χ3v) is 4.88. The van der Waals surface area contributed by atoms with E-state index in [-0.39, 0.29) is 12.7 Å². The Kier molecular flexibility index (Phi) is 3.20. The summed E-state index contributed by atoms with van der Waals surface area (Å²) in [5, 5.41) is 0. The predicted molar refractivity (Wildman–Crippen MR) is 88.0 cm³/mol. The van der Waals surface area contributed by atoms with Crippen molar-refractivity contribution < 1.29 is 14.3 Å². The Hall–Kier alpha value is -2.60. The molecule has 116 valence electrons. The first-order valence-corrected chi connectivity index (χ1v) is 7.98. The van der Waals surface area contributed by atoms with Gasteiger partial charge >= 0.3 is 0 Å². The summed E-state index contributed by atoms with van der Waals surface area (Å²) >= 11 is 1.51. The minimum atomic E-state index is -0.290. The molecule has 0 atom stereocenters. The van der Waals surface area contributed by atoms with Crippen molar-refractivity contribution in [2.45, 2.75) is 6.92 Å². The van der Waals surface area contributed by atoms with Crippen molar-refractivity contribution in [1.82, 2.24) is 4.57 Å². The standard InChI is InChI=1S/C17H14N2O3S/c1-10-3-5-12-15(7-10)23-17(19(12)2)18-16(20)11-4-6-13-14(8-11)22-9-21-13/h3-8H,9H2,1-2H3. The van der Waals surface area contributed by atoms with E-state index in [4.69, 9.17) is 9.47 Å². The zero-order valence-corrected chi connectivity index (χ0v) is 13.5. The number of aryl methyl sites for hydroxylation is 2. The van der Waals surface area contributed by atoms with Gasteiger partial charge in [0.1, 0.15) is 0 Å². The van der Waals surface area contributed by atoms with Gasteiger partial charge in [0.25, 0.3) is 5.91 Å². The fourth-order valence-electron chi connectivity index (χ4n) is 2.53. The fraction of sp³-hybridized carbons (Fsp3) is 0.176. The number of aromatic nitrogens is 1. The first kappa shape index (κ1) is 14.0. The molecule has 4 rings (SSSR count). The zero-order valence-electron chi connectivity index (χ0n) is 12.7. The van der Waals surface area contributed by atoms with Gasteiger partial charge in [-0.05, 0) is 42.8 Å². The van der Waals surface area contributed by atoms with Gasteiger partial charge < -0.3 is 14.0 Å². The smallest absolute Gasteiger partial charge is 0.279 e. The first-order chi connectivity index (χ1) is 11.1. The van der Waals surface area contributed by atoms with Crippen molar-refractivity contribution in [3.8, 4) is 11.5 Å². The summed E-state index contributed by atoms with van der Waals surface area (Å²) < 4.78 is 13.6. The van der Waals surface area contributed by atoms with Crippen molar-refractivity contribution in [3.63, 3.8) is 0 Å². The molecule has 0 spiro atoms. The lowest BCUT2D eigenvalue weighted by Gasteiger charge is -1.99. The van der Waals surface area contributed by atoms with Gasteiger partial charge in [0, 0.05) is 12.6 Å². The highest BCUT2D eigenvalue weighted by Gasteiger charge is 2.16. The molecule has 6 heteroatoms. The van der Waals surface area contributed by atoms with Gasteiger partial charge in [-0.25, -0.2) is 0 Å². The SMILES string of the molecule is Cc1ccc2c(c1)sc(=NC(=O)c1ccc3c(c1)OCO3)n2C. The number of nitrogens with zero attached hydrogens (tertiary/aromatic N) is 2. The number of hydrogen-bond acceptors (Lipinski definition) is 4. The molecular weight excluding hydrogens is 312 g/mol. The molecule has 0 saturated carbocycles. The number of thiazole rings is 1. The Morgan fingerprint density at radius 3 is 2.87 bits per heavy atom. The highest BCUT2D eigenvalue weighted by Crippen LogP contribution is 2.32. The van der Waals surface area contributed by atoms with Crippen LogP contribution in [0.25, 0.3) is 10.2 Å². The number of carbonyl (C=O) groups is 1. The van der Waals surface area contributed by atoms with E-state index in [1.807, 2.05) is 24.6 Å². The predicted octanol–water partition coefficient (Wildman–Crippen LogP) is 3.02. The molecule has 0 bridgehead atoms. The molecule has 2 aromatic carbocycles. The number of ether oxygens (including phenoxy) is 2. The molecule has 1 aromatic heterocycles. The molecule has 0 N–H and O–H groups in total. The van der Waals surface area contributed by atoms with Crippen LogP contribution in [0, 0.1) is 6.92 Å². The minimum absolute atomic E-state index is 0.189. The maximum absolute atomic E-state index is 12.4. The summed E-state index contributed by atoms with van der Waals surface area (Å²) in [6, 6.07) is 11.3. The van der Waals surface area contributed by atoms with Crippen LogP contribution in [0.15, 0.2) is 41.4 Å². The Morgan fingerprint density at radius 2 is 2.00 bits per heavy atom. The van der Waals surface area contributed by atoms with Gasteiger partial charge in [-0.2, -0.15) is 4.99 Å². The highest BCUT2D eigenvalue weighted by molar-refractivity contribution is 7.16. The number of carbonyl (C=O) groups excluding carboxylic acids is 1. The van der Waals surface area contributed by atoms with Crippen LogP contribution in [0.4, 0.5) is 0 Å². The van der Waals surface area contributed by atoms with Gasteiger partial charge in [0.2, 0.25) is 6.79 Å². The monoisotopic (exact) mass is 326 g/mol. The number of benzene rings is 2. The second kappa shape index (κ2) is 5.24. The first-order valence-electron chi connectivity index (χ1n) is 7.17. The van der Waals surface area contributed by atoms with E-state index in [0.29, 0.717) is 21.9 Å². The Bertz CT molecular complexity index is 1000. The van der Waals surface area contributed by atoms with E-state index >= 15 is 0 Å². The quantitative estimate of drug-likeness (QED) is 0.691. The lowest BCUT2D eigenvalue weighted by molar-refractivity contribution is 0.0997. The van der Waals surface area contributed by atoms with Crippen LogP contribution in [0.2, 0.25) is 0 Å². The van der Waals surface area contributed by atoms with E-state index in [2.05, 4.69) is 17.1 Å². The molecule has 1 aliphatic heterocycles. The third-order valence-electron chi connectivity index (χ3n) is 3.78. The van der Waals surface area contributed by atoms with Crippen LogP contribution >= 0.6 is 11.3 Å². The molecule has 1 aliphatic rings. The second-order valence-corrected chi connectivity index (χ2v) is 6.41. The maximum Gasteiger partial charge on any atom is 0.279 e. The van der Waals surface area contributed by atoms with E-state index in [9.17, 15) is 4.79 Å². The highest BCUT2D eigenvalue weighted by atomic mass is 32.1. The van der Waals surface area contributed by atoms with Crippen LogP contribution < -0.4 is 14.3 Å². The molecule has 23 heavy (non-hydrogen) atoms. The Labute approximate surface area is 136 Å². The molecule has 3 aromatic rings. The van der Waals surface area contributed by atoms with E-state index < -0.39 is 0 Å². The summed E-state index contributed by atoms with van der Waals surface area (Å²) in [6.45, 7) is 2.24.